The highest BCUT2D eigenvalue weighted by molar-refractivity contribution is 5.81. The Labute approximate surface area is 118 Å². The normalized spacial score (nSPS) is 12.7. The zero-order valence-electron chi connectivity index (χ0n) is 11.8. The standard InChI is InChI=1S/C17H18N2O/c1-3-19-16(14-8-5-9-18-11-14)15-10-13-7-4-6-12(2)17(13)20-15/h4-11,16,19H,3H2,1-2H3. The molecule has 1 unspecified atom stereocenters. The Morgan fingerprint density at radius 2 is 2.15 bits per heavy atom. The quantitative estimate of drug-likeness (QED) is 0.779. The fourth-order valence-corrected chi connectivity index (χ4v) is 2.50. The van der Waals surface area contributed by atoms with Crippen LogP contribution in [0.3, 0.4) is 0 Å². The van der Waals surface area contributed by atoms with Gasteiger partial charge in [0.05, 0.1) is 6.04 Å². The van der Waals surface area contributed by atoms with Gasteiger partial charge in [-0.15, -0.1) is 0 Å². The molecule has 1 atom stereocenters. The third-order valence-electron chi connectivity index (χ3n) is 3.47. The van der Waals surface area contributed by atoms with Gasteiger partial charge in [-0.05, 0) is 36.7 Å². The molecule has 0 saturated carbocycles. The number of fused-ring (bicyclic) bond motifs is 1. The first-order chi connectivity index (χ1) is 9.79. The van der Waals surface area contributed by atoms with Crippen LogP contribution in [-0.2, 0) is 0 Å². The van der Waals surface area contributed by atoms with Crippen LogP contribution in [0.5, 0.6) is 0 Å². The molecular formula is C17H18N2O. The summed E-state index contributed by atoms with van der Waals surface area (Å²) in [5.74, 6) is 0.934. The van der Waals surface area contributed by atoms with Gasteiger partial charge in [0.2, 0.25) is 0 Å². The average molecular weight is 266 g/mol. The van der Waals surface area contributed by atoms with Crippen LogP contribution >= 0.6 is 0 Å². The number of rotatable bonds is 4. The number of benzene rings is 1. The second kappa shape index (κ2) is 5.47. The van der Waals surface area contributed by atoms with E-state index in [-0.39, 0.29) is 6.04 Å². The monoisotopic (exact) mass is 266 g/mol. The van der Waals surface area contributed by atoms with Gasteiger partial charge in [0.1, 0.15) is 11.3 Å². The minimum absolute atomic E-state index is 0.0421. The van der Waals surface area contributed by atoms with E-state index in [1.54, 1.807) is 6.20 Å². The molecule has 3 heteroatoms. The molecule has 0 bridgehead atoms. The van der Waals surface area contributed by atoms with E-state index >= 15 is 0 Å². The van der Waals surface area contributed by atoms with Gasteiger partial charge in [-0.25, -0.2) is 0 Å². The molecule has 3 rings (SSSR count). The van der Waals surface area contributed by atoms with Crippen LogP contribution in [0.25, 0.3) is 11.0 Å². The summed E-state index contributed by atoms with van der Waals surface area (Å²) >= 11 is 0. The van der Waals surface area contributed by atoms with E-state index in [0.717, 1.165) is 34.4 Å². The van der Waals surface area contributed by atoms with Crippen molar-refractivity contribution in [2.24, 2.45) is 0 Å². The highest BCUT2D eigenvalue weighted by atomic mass is 16.3. The lowest BCUT2D eigenvalue weighted by atomic mass is 10.1. The van der Waals surface area contributed by atoms with E-state index in [9.17, 15) is 0 Å². The first-order valence-electron chi connectivity index (χ1n) is 6.92. The summed E-state index contributed by atoms with van der Waals surface area (Å²) in [5, 5.41) is 4.61. The molecule has 0 aliphatic carbocycles. The van der Waals surface area contributed by atoms with Gasteiger partial charge in [-0.1, -0.05) is 31.2 Å². The number of nitrogens with zero attached hydrogens (tertiary/aromatic N) is 1. The molecule has 102 valence electrons. The van der Waals surface area contributed by atoms with Crippen LogP contribution in [0.1, 0.15) is 29.9 Å². The van der Waals surface area contributed by atoms with Crippen molar-refractivity contribution in [1.29, 1.82) is 0 Å². The van der Waals surface area contributed by atoms with Crippen molar-refractivity contribution in [3.63, 3.8) is 0 Å². The highest BCUT2D eigenvalue weighted by Gasteiger charge is 2.18. The van der Waals surface area contributed by atoms with E-state index in [1.807, 2.05) is 12.3 Å². The van der Waals surface area contributed by atoms with Gasteiger partial charge in [0.25, 0.3) is 0 Å². The lowest BCUT2D eigenvalue weighted by Gasteiger charge is -2.15. The topological polar surface area (TPSA) is 38.1 Å². The zero-order chi connectivity index (χ0) is 13.9. The van der Waals surface area contributed by atoms with E-state index in [4.69, 9.17) is 4.42 Å². The predicted molar refractivity (Wildman–Crippen MR) is 80.7 cm³/mol. The molecule has 1 N–H and O–H groups in total. The van der Waals surface area contributed by atoms with E-state index < -0.39 is 0 Å². The fourth-order valence-electron chi connectivity index (χ4n) is 2.50. The smallest absolute Gasteiger partial charge is 0.137 e. The van der Waals surface area contributed by atoms with Crippen LogP contribution in [0.15, 0.2) is 53.2 Å². The fraction of sp³-hybridized carbons (Fsp3) is 0.235. The molecule has 0 saturated heterocycles. The van der Waals surface area contributed by atoms with Gasteiger partial charge in [-0.2, -0.15) is 0 Å². The summed E-state index contributed by atoms with van der Waals surface area (Å²) in [5.41, 5.74) is 3.25. The number of aryl methyl sites for hydroxylation is 1. The number of pyridine rings is 1. The SMILES string of the molecule is CCNC(c1cccnc1)c1cc2cccc(C)c2o1. The molecule has 0 fully saturated rings. The second-order valence-corrected chi connectivity index (χ2v) is 4.92. The molecule has 3 nitrogen and oxygen atoms in total. The van der Waals surface area contributed by atoms with Crippen LogP contribution in [0, 0.1) is 6.92 Å². The number of nitrogens with one attached hydrogen (secondary N) is 1. The number of para-hydroxylation sites is 1. The maximum atomic E-state index is 6.08. The van der Waals surface area contributed by atoms with E-state index in [0.29, 0.717) is 0 Å². The highest BCUT2D eigenvalue weighted by Crippen LogP contribution is 2.29. The first kappa shape index (κ1) is 12.9. The van der Waals surface area contributed by atoms with Gasteiger partial charge < -0.3 is 9.73 Å². The lowest BCUT2D eigenvalue weighted by molar-refractivity contribution is 0.475. The minimum Gasteiger partial charge on any atom is -0.459 e. The van der Waals surface area contributed by atoms with Crippen LogP contribution in [0.2, 0.25) is 0 Å². The van der Waals surface area contributed by atoms with Gasteiger partial charge in [0, 0.05) is 17.8 Å². The predicted octanol–water partition coefficient (Wildman–Crippen LogP) is 3.84. The largest absolute Gasteiger partial charge is 0.459 e. The molecule has 0 aliphatic rings. The molecule has 2 aromatic heterocycles. The van der Waals surface area contributed by atoms with E-state index in [2.05, 4.69) is 54.5 Å². The number of hydrogen-bond donors (Lipinski definition) is 1. The maximum absolute atomic E-state index is 6.08. The molecule has 0 spiro atoms. The summed E-state index contributed by atoms with van der Waals surface area (Å²) in [7, 11) is 0. The Morgan fingerprint density at radius 1 is 1.25 bits per heavy atom. The Hall–Kier alpha value is -2.13. The molecule has 0 aliphatic heterocycles. The molecular weight excluding hydrogens is 248 g/mol. The van der Waals surface area contributed by atoms with Crippen molar-refractivity contribution in [2.75, 3.05) is 6.54 Å². The lowest BCUT2D eigenvalue weighted by Crippen LogP contribution is -2.21. The number of furan rings is 1. The second-order valence-electron chi connectivity index (χ2n) is 4.92. The van der Waals surface area contributed by atoms with Crippen LogP contribution in [0.4, 0.5) is 0 Å². The molecule has 1 aromatic carbocycles. The van der Waals surface area contributed by atoms with E-state index in [1.165, 1.54) is 0 Å². The van der Waals surface area contributed by atoms with Crippen molar-refractivity contribution in [3.8, 4) is 0 Å². The van der Waals surface area contributed by atoms with Crippen LogP contribution < -0.4 is 5.32 Å². The first-order valence-corrected chi connectivity index (χ1v) is 6.92. The molecule has 20 heavy (non-hydrogen) atoms. The Kier molecular flexibility index (Phi) is 3.52. The third-order valence-corrected chi connectivity index (χ3v) is 3.47. The summed E-state index contributed by atoms with van der Waals surface area (Å²) in [6.45, 7) is 5.04. The molecule has 0 amide bonds. The third kappa shape index (κ3) is 2.32. The average Bonchev–Trinajstić information content (AvgIpc) is 2.91. The van der Waals surface area contributed by atoms with Gasteiger partial charge >= 0.3 is 0 Å². The Balaban J connectivity index is 2.08. The summed E-state index contributed by atoms with van der Waals surface area (Å²) in [4.78, 5) is 4.20. The number of aromatic nitrogens is 1. The van der Waals surface area contributed by atoms with Crippen molar-refractivity contribution in [2.45, 2.75) is 19.9 Å². The zero-order valence-corrected chi connectivity index (χ0v) is 11.8. The number of hydrogen-bond acceptors (Lipinski definition) is 3. The van der Waals surface area contributed by atoms with Crippen molar-refractivity contribution >= 4 is 11.0 Å². The summed E-state index contributed by atoms with van der Waals surface area (Å²) < 4.78 is 6.08. The van der Waals surface area contributed by atoms with Gasteiger partial charge in [0.15, 0.2) is 0 Å². The minimum atomic E-state index is 0.0421. The van der Waals surface area contributed by atoms with Crippen LogP contribution in [-0.4, -0.2) is 11.5 Å². The molecule has 3 aromatic rings. The maximum Gasteiger partial charge on any atom is 0.137 e. The molecule has 2 heterocycles. The molecule has 0 radical (unpaired) electrons. The van der Waals surface area contributed by atoms with Gasteiger partial charge in [-0.3, -0.25) is 4.98 Å². The summed E-state index contributed by atoms with van der Waals surface area (Å²) in [6, 6.07) is 12.4. The van der Waals surface area contributed by atoms with Crippen molar-refractivity contribution < 1.29 is 4.42 Å². The van der Waals surface area contributed by atoms with Crippen molar-refractivity contribution in [1.82, 2.24) is 10.3 Å². The summed E-state index contributed by atoms with van der Waals surface area (Å²) in [6.07, 6.45) is 3.67. The Bertz CT molecular complexity index is 703. The Morgan fingerprint density at radius 3 is 2.85 bits per heavy atom. The van der Waals surface area contributed by atoms with Crippen molar-refractivity contribution in [3.05, 3.63) is 65.7 Å².